The van der Waals surface area contributed by atoms with E-state index in [2.05, 4.69) is 5.32 Å². The van der Waals surface area contributed by atoms with Gasteiger partial charge in [0.25, 0.3) is 0 Å². The second-order valence-corrected chi connectivity index (χ2v) is 4.32. The van der Waals surface area contributed by atoms with E-state index < -0.39 is 0 Å². The number of methoxy groups -OCH3 is 1. The number of hydrogen-bond acceptors (Lipinski definition) is 2. The third-order valence-electron chi connectivity index (χ3n) is 3.31. The van der Waals surface area contributed by atoms with Crippen molar-refractivity contribution >= 4 is 12.4 Å². The number of benzene rings is 1. The fourth-order valence-electron chi connectivity index (χ4n) is 2.34. The van der Waals surface area contributed by atoms with Gasteiger partial charge in [-0.05, 0) is 36.9 Å². The molecule has 17 heavy (non-hydrogen) atoms. The standard InChI is InChI=1S/C13H18FNO.ClH/c1-16-13-9-15-7-6-11(13)8-10-4-2-3-5-12(10)14;/h2-5,11,13,15H,6-9H2,1H3;1H/t11-,13+;/m1./s1. The molecule has 2 atom stereocenters. The van der Waals surface area contributed by atoms with Gasteiger partial charge in [-0.2, -0.15) is 0 Å². The largest absolute Gasteiger partial charge is 0.380 e. The zero-order chi connectivity index (χ0) is 11.4. The summed E-state index contributed by atoms with van der Waals surface area (Å²) in [5, 5.41) is 3.30. The SMILES string of the molecule is CO[C@H]1CNCC[C@@H]1Cc1ccccc1F.Cl. The Morgan fingerprint density at radius 1 is 1.41 bits per heavy atom. The molecule has 1 aromatic rings. The Morgan fingerprint density at radius 3 is 2.88 bits per heavy atom. The quantitative estimate of drug-likeness (QED) is 0.900. The molecule has 0 spiro atoms. The van der Waals surface area contributed by atoms with Crippen LogP contribution in [0.15, 0.2) is 24.3 Å². The van der Waals surface area contributed by atoms with Crippen molar-refractivity contribution < 1.29 is 9.13 Å². The first-order chi connectivity index (χ1) is 7.81. The molecule has 0 radical (unpaired) electrons. The van der Waals surface area contributed by atoms with Crippen molar-refractivity contribution in [3.8, 4) is 0 Å². The Kier molecular flexibility index (Phi) is 5.89. The van der Waals surface area contributed by atoms with Gasteiger partial charge in [-0.15, -0.1) is 12.4 Å². The van der Waals surface area contributed by atoms with Crippen molar-refractivity contribution in [2.75, 3.05) is 20.2 Å². The van der Waals surface area contributed by atoms with Crippen molar-refractivity contribution in [3.05, 3.63) is 35.6 Å². The van der Waals surface area contributed by atoms with Crippen LogP contribution in [0, 0.1) is 11.7 Å². The zero-order valence-electron chi connectivity index (χ0n) is 9.99. The van der Waals surface area contributed by atoms with Gasteiger partial charge in [-0.1, -0.05) is 18.2 Å². The van der Waals surface area contributed by atoms with Gasteiger partial charge in [0.05, 0.1) is 6.10 Å². The Morgan fingerprint density at radius 2 is 2.18 bits per heavy atom. The van der Waals surface area contributed by atoms with Crippen LogP contribution in [0.5, 0.6) is 0 Å². The fourth-order valence-corrected chi connectivity index (χ4v) is 2.34. The first-order valence-corrected chi connectivity index (χ1v) is 5.78. The average Bonchev–Trinajstić information content (AvgIpc) is 2.33. The number of halogens is 2. The molecule has 1 heterocycles. The zero-order valence-corrected chi connectivity index (χ0v) is 10.8. The summed E-state index contributed by atoms with van der Waals surface area (Å²) in [6.07, 6.45) is 2.02. The maximum atomic E-state index is 13.5. The van der Waals surface area contributed by atoms with Crippen molar-refractivity contribution in [1.29, 1.82) is 0 Å². The van der Waals surface area contributed by atoms with E-state index >= 15 is 0 Å². The van der Waals surface area contributed by atoms with Gasteiger partial charge in [0.2, 0.25) is 0 Å². The molecule has 2 nitrogen and oxygen atoms in total. The van der Waals surface area contributed by atoms with Crippen LogP contribution in [-0.4, -0.2) is 26.3 Å². The van der Waals surface area contributed by atoms with Gasteiger partial charge in [0.15, 0.2) is 0 Å². The van der Waals surface area contributed by atoms with Crippen LogP contribution in [0.2, 0.25) is 0 Å². The van der Waals surface area contributed by atoms with E-state index in [1.54, 1.807) is 13.2 Å². The molecule has 0 aliphatic carbocycles. The van der Waals surface area contributed by atoms with Crippen LogP contribution in [0.25, 0.3) is 0 Å². The molecule has 1 N–H and O–H groups in total. The summed E-state index contributed by atoms with van der Waals surface area (Å²) in [6, 6.07) is 7.01. The molecular weight excluding hydrogens is 241 g/mol. The predicted octanol–water partition coefficient (Wildman–Crippen LogP) is 2.41. The molecule has 1 aliphatic heterocycles. The number of hydrogen-bond donors (Lipinski definition) is 1. The maximum absolute atomic E-state index is 13.5. The van der Waals surface area contributed by atoms with Crippen molar-refractivity contribution in [1.82, 2.24) is 5.32 Å². The smallest absolute Gasteiger partial charge is 0.126 e. The summed E-state index contributed by atoms with van der Waals surface area (Å²) in [7, 11) is 1.73. The van der Waals surface area contributed by atoms with E-state index in [4.69, 9.17) is 4.74 Å². The lowest BCUT2D eigenvalue weighted by Gasteiger charge is -2.31. The van der Waals surface area contributed by atoms with Crippen LogP contribution in [0.4, 0.5) is 4.39 Å². The van der Waals surface area contributed by atoms with Gasteiger partial charge in [-0.3, -0.25) is 0 Å². The third kappa shape index (κ3) is 3.66. The highest BCUT2D eigenvalue weighted by Gasteiger charge is 2.25. The normalized spacial score (nSPS) is 24.1. The second kappa shape index (κ2) is 6.94. The number of piperidine rings is 1. The molecule has 0 unspecified atom stereocenters. The van der Waals surface area contributed by atoms with Gasteiger partial charge >= 0.3 is 0 Å². The van der Waals surface area contributed by atoms with Gasteiger partial charge in [0.1, 0.15) is 5.82 Å². The topological polar surface area (TPSA) is 21.3 Å². The third-order valence-corrected chi connectivity index (χ3v) is 3.31. The predicted molar refractivity (Wildman–Crippen MR) is 69.1 cm³/mol. The maximum Gasteiger partial charge on any atom is 0.126 e. The molecule has 0 aromatic heterocycles. The lowest BCUT2D eigenvalue weighted by atomic mass is 9.88. The van der Waals surface area contributed by atoms with Crippen LogP contribution in [-0.2, 0) is 11.2 Å². The monoisotopic (exact) mass is 259 g/mol. The average molecular weight is 260 g/mol. The second-order valence-electron chi connectivity index (χ2n) is 4.32. The van der Waals surface area contributed by atoms with Crippen LogP contribution < -0.4 is 5.32 Å². The van der Waals surface area contributed by atoms with Gasteiger partial charge < -0.3 is 10.1 Å². The highest BCUT2D eigenvalue weighted by molar-refractivity contribution is 5.85. The minimum atomic E-state index is -0.101. The van der Waals surface area contributed by atoms with E-state index in [1.807, 2.05) is 12.1 Å². The summed E-state index contributed by atoms with van der Waals surface area (Å²) in [4.78, 5) is 0. The Bertz CT molecular complexity index is 348. The highest BCUT2D eigenvalue weighted by Crippen LogP contribution is 2.21. The lowest BCUT2D eigenvalue weighted by molar-refractivity contribution is 0.0338. The fraction of sp³-hybridized carbons (Fsp3) is 0.538. The highest BCUT2D eigenvalue weighted by atomic mass is 35.5. The summed E-state index contributed by atoms with van der Waals surface area (Å²) >= 11 is 0. The summed E-state index contributed by atoms with van der Waals surface area (Å²) in [5.41, 5.74) is 0.802. The Labute approximate surface area is 108 Å². The van der Waals surface area contributed by atoms with Crippen molar-refractivity contribution in [2.45, 2.75) is 18.9 Å². The van der Waals surface area contributed by atoms with E-state index in [-0.39, 0.29) is 24.3 Å². The van der Waals surface area contributed by atoms with Gasteiger partial charge in [-0.25, -0.2) is 4.39 Å². The van der Waals surface area contributed by atoms with E-state index in [1.165, 1.54) is 6.07 Å². The number of rotatable bonds is 3. The first kappa shape index (κ1) is 14.4. The van der Waals surface area contributed by atoms with Gasteiger partial charge in [0, 0.05) is 13.7 Å². The van der Waals surface area contributed by atoms with E-state index in [9.17, 15) is 4.39 Å². The van der Waals surface area contributed by atoms with Crippen LogP contribution >= 0.6 is 12.4 Å². The van der Waals surface area contributed by atoms with E-state index in [0.29, 0.717) is 5.92 Å². The van der Waals surface area contributed by atoms with E-state index in [0.717, 1.165) is 31.5 Å². The summed E-state index contributed by atoms with van der Waals surface area (Å²) < 4.78 is 19.0. The molecule has 1 aromatic carbocycles. The molecule has 1 saturated heterocycles. The van der Waals surface area contributed by atoms with Crippen molar-refractivity contribution in [3.63, 3.8) is 0 Å². The molecule has 4 heteroatoms. The Balaban J connectivity index is 0.00000144. The lowest BCUT2D eigenvalue weighted by Crippen LogP contribution is -2.42. The molecule has 1 fully saturated rings. The molecular formula is C13H19ClFNO. The molecule has 96 valence electrons. The number of ether oxygens (including phenoxy) is 1. The van der Waals surface area contributed by atoms with Crippen LogP contribution in [0.3, 0.4) is 0 Å². The van der Waals surface area contributed by atoms with Crippen molar-refractivity contribution in [2.24, 2.45) is 5.92 Å². The molecule has 1 aliphatic rings. The molecule has 0 saturated carbocycles. The Hall–Kier alpha value is -0.640. The summed E-state index contributed by atoms with van der Waals surface area (Å²) in [6.45, 7) is 1.87. The number of nitrogens with one attached hydrogen (secondary N) is 1. The minimum absolute atomic E-state index is 0. The molecule has 0 bridgehead atoms. The first-order valence-electron chi connectivity index (χ1n) is 5.78. The summed E-state index contributed by atoms with van der Waals surface area (Å²) in [5.74, 6) is 0.319. The molecule has 0 amide bonds. The molecule has 2 rings (SSSR count). The van der Waals surface area contributed by atoms with Crippen LogP contribution in [0.1, 0.15) is 12.0 Å². The minimum Gasteiger partial charge on any atom is -0.380 e.